The zero-order chi connectivity index (χ0) is 27.5. The molecule has 3 rings (SSSR count). The second kappa shape index (κ2) is 14.7. The largest absolute Gasteiger partial charge is 0.378 e. The second-order valence-electron chi connectivity index (χ2n) is 10.0. The van der Waals surface area contributed by atoms with Crippen LogP contribution in [0, 0.1) is 17.8 Å². The minimum atomic E-state index is -0.310. The zero-order valence-corrected chi connectivity index (χ0v) is 22.1. The number of carbonyl (C=O) groups is 5. The lowest BCUT2D eigenvalue weighted by Gasteiger charge is -2.30. The molecular weight excluding hydrogens is 496 g/mol. The maximum atomic E-state index is 12.6. The fourth-order valence-corrected chi connectivity index (χ4v) is 4.62. The molecular formula is C25H38N6O7. The average Bonchev–Trinajstić information content (AvgIpc) is 3.44. The average molecular weight is 535 g/mol. The lowest BCUT2D eigenvalue weighted by Crippen LogP contribution is -2.38. The summed E-state index contributed by atoms with van der Waals surface area (Å²) in [6.07, 6.45) is 5.15. The van der Waals surface area contributed by atoms with Crippen molar-refractivity contribution >= 4 is 29.4 Å². The van der Waals surface area contributed by atoms with Crippen molar-refractivity contribution in [2.45, 2.75) is 59.0 Å². The molecule has 210 valence electrons. The van der Waals surface area contributed by atoms with Crippen molar-refractivity contribution in [3.05, 3.63) is 11.9 Å². The number of amides is 4. The van der Waals surface area contributed by atoms with Gasteiger partial charge in [0.2, 0.25) is 23.6 Å². The first-order valence-corrected chi connectivity index (χ1v) is 13.2. The van der Waals surface area contributed by atoms with Crippen LogP contribution in [0.2, 0.25) is 0 Å². The third-order valence-electron chi connectivity index (χ3n) is 6.73. The Morgan fingerprint density at radius 3 is 2.50 bits per heavy atom. The summed E-state index contributed by atoms with van der Waals surface area (Å²) in [6.45, 7) is 5.18. The highest BCUT2D eigenvalue weighted by molar-refractivity contribution is 6.03. The van der Waals surface area contributed by atoms with Crippen molar-refractivity contribution < 1.29 is 33.4 Å². The maximum Gasteiger partial charge on any atom is 0.246 e. The van der Waals surface area contributed by atoms with Crippen molar-refractivity contribution in [3.63, 3.8) is 0 Å². The first-order valence-electron chi connectivity index (χ1n) is 13.2. The summed E-state index contributed by atoms with van der Waals surface area (Å²) in [5.41, 5.74) is 0.644. The van der Waals surface area contributed by atoms with Gasteiger partial charge in [0, 0.05) is 31.3 Å². The molecule has 2 heterocycles. The monoisotopic (exact) mass is 534 g/mol. The summed E-state index contributed by atoms with van der Waals surface area (Å²) in [5, 5.41) is 13.7. The van der Waals surface area contributed by atoms with Crippen molar-refractivity contribution in [2.24, 2.45) is 17.8 Å². The van der Waals surface area contributed by atoms with Gasteiger partial charge in [0.1, 0.15) is 18.9 Å². The van der Waals surface area contributed by atoms with Crippen LogP contribution in [0.3, 0.4) is 0 Å². The highest BCUT2D eigenvalue weighted by Crippen LogP contribution is 2.31. The van der Waals surface area contributed by atoms with Crippen LogP contribution in [-0.2, 0) is 46.5 Å². The fourth-order valence-electron chi connectivity index (χ4n) is 4.62. The molecule has 38 heavy (non-hydrogen) atoms. The molecule has 1 aromatic rings. The summed E-state index contributed by atoms with van der Waals surface area (Å²) < 4.78 is 12.0. The number of rotatable bonds is 15. The number of likely N-dealkylation sites (tertiary alicyclic amines) is 1. The summed E-state index contributed by atoms with van der Waals surface area (Å²) in [5.74, 6) is -0.677. The first-order chi connectivity index (χ1) is 18.2. The van der Waals surface area contributed by atoms with Gasteiger partial charge in [-0.25, -0.2) is 4.68 Å². The first kappa shape index (κ1) is 29.4. The van der Waals surface area contributed by atoms with Crippen LogP contribution < -0.4 is 10.6 Å². The molecule has 0 radical (unpaired) electrons. The number of nitrogens with one attached hydrogen (secondary N) is 2. The normalized spacial score (nSPS) is 21.5. The van der Waals surface area contributed by atoms with Gasteiger partial charge in [-0.3, -0.25) is 28.9 Å². The van der Waals surface area contributed by atoms with Gasteiger partial charge in [-0.15, -0.1) is 5.10 Å². The van der Waals surface area contributed by atoms with E-state index in [4.69, 9.17) is 9.47 Å². The molecule has 13 nitrogen and oxygen atoms in total. The van der Waals surface area contributed by atoms with E-state index in [9.17, 15) is 24.0 Å². The van der Waals surface area contributed by atoms with Gasteiger partial charge in [-0.05, 0) is 38.5 Å². The van der Waals surface area contributed by atoms with Crippen LogP contribution in [-0.4, -0.2) is 88.8 Å². The van der Waals surface area contributed by atoms with E-state index in [0.29, 0.717) is 45.0 Å². The number of carbonyl (C=O) groups excluding carboxylic acids is 5. The van der Waals surface area contributed by atoms with Crippen LogP contribution in [0.25, 0.3) is 0 Å². The number of aromatic nitrogens is 3. The topological polar surface area (TPSA) is 162 Å². The Morgan fingerprint density at radius 2 is 1.82 bits per heavy atom. The molecule has 2 aliphatic rings. The number of imide groups is 1. The SMILES string of the molecule is CC(=O)COCC(=O)NCCOCCn1cc(CNC(=O)C2CCC(CN3C(=O)CC(C)C3=O)CC2)nn1. The number of Topliss-reactive ketones (excluding diaryl/α,β-unsaturated/α-hetero) is 1. The molecule has 1 aliphatic carbocycles. The van der Waals surface area contributed by atoms with Crippen LogP contribution in [0.4, 0.5) is 0 Å². The molecule has 0 aromatic carbocycles. The van der Waals surface area contributed by atoms with Crippen molar-refractivity contribution in [1.29, 1.82) is 0 Å². The van der Waals surface area contributed by atoms with Gasteiger partial charge in [-0.2, -0.15) is 0 Å². The lowest BCUT2D eigenvalue weighted by molar-refractivity contribution is -0.140. The van der Waals surface area contributed by atoms with Gasteiger partial charge >= 0.3 is 0 Å². The Morgan fingerprint density at radius 1 is 1.05 bits per heavy atom. The van der Waals surface area contributed by atoms with Crippen LogP contribution in [0.1, 0.15) is 51.6 Å². The fraction of sp³-hybridized carbons (Fsp3) is 0.720. The van der Waals surface area contributed by atoms with E-state index >= 15 is 0 Å². The Labute approximate surface area is 222 Å². The maximum absolute atomic E-state index is 12.6. The van der Waals surface area contributed by atoms with Gasteiger partial charge in [0.15, 0.2) is 5.78 Å². The third kappa shape index (κ3) is 9.28. The number of hydrogen-bond donors (Lipinski definition) is 2. The smallest absolute Gasteiger partial charge is 0.246 e. The number of ether oxygens (including phenoxy) is 2. The summed E-state index contributed by atoms with van der Waals surface area (Å²) >= 11 is 0. The van der Waals surface area contributed by atoms with E-state index in [1.807, 2.05) is 0 Å². The third-order valence-corrected chi connectivity index (χ3v) is 6.73. The predicted molar refractivity (Wildman–Crippen MR) is 133 cm³/mol. The molecule has 2 fully saturated rings. The van der Waals surface area contributed by atoms with E-state index in [1.165, 1.54) is 11.8 Å². The number of nitrogens with zero attached hydrogens (tertiary/aromatic N) is 4. The second-order valence-corrected chi connectivity index (χ2v) is 10.0. The molecule has 1 aromatic heterocycles. The molecule has 13 heteroatoms. The van der Waals surface area contributed by atoms with E-state index in [2.05, 4.69) is 20.9 Å². The molecule has 4 amide bonds. The van der Waals surface area contributed by atoms with Crippen molar-refractivity contribution in [1.82, 2.24) is 30.5 Å². The molecule has 0 bridgehead atoms. The standard InChI is InChI=1S/C25H38N6O7/c1-17-11-23(34)31(25(17)36)13-19-3-5-20(6-4-19)24(35)27-12-21-14-30(29-28-21)8-10-37-9-7-26-22(33)16-38-15-18(2)32/h14,17,19-20H,3-13,15-16H2,1-2H3,(H,26,33)(H,27,35). The lowest BCUT2D eigenvalue weighted by atomic mass is 9.81. The van der Waals surface area contributed by atoms with Crippen LogP contribution >= 0.6 is 0 Å². The highest BCUT2D eigenvalue weighted by Gasteiger charge is 2.37. The minimum Gasteiger partial charge on any atom is -0.378 e. The summed E-state index contributed by atoms with van der Waals surface area (Å²) in [4.78, 5) is 60.5. The van der Waals surface area contributed by atoms with Gasteiger partial charge in [0.25, 0.3) is 0 Å². The number of ketones is 1. The van der Waals surface area contributed by atoms with Gasteiger partial charge in [-0.1, -0.05) is 12.1 Å². The number of hydrogen-bond acceptors (Lipinski definition) is 9. The van der Waals surface area contributed by atoms with Gasteiger partial charge in [0.05, 0.1) is 32.5 Å². The molecule has 1 unspecified atom stereocenters. The minimum absolute atomic E-state index is 0.0166. The Kier molecular flexibility index (Phi) is 11.3. The van der Waals surface area contributed by atoms with Crippen LogP contribution in [0.15, 0.2) is 6.20 Å². The Bertz CT molecular complexity index is 989. The highest BCUT2D eigenvalue weighted by atomic mass is 16.5. The molecule has 2 N–H and O–H groups in total. The molecule has 1 saturated carbocycles. The zero-order valence-electron chi connectivity index (χ0n) is 22.1. The predicted octanol–water partition coefficient (Wildman–Crippen LogP) is -0.166. The van der Waals surface area contributed by atoms with E-state index in [1.54, 1.807) is 17.8 Å². The van der Waals surface area contributed by atoms with Crippen molar-refractivity contribution in [2.75, 3.05) is 39.5 Å². The summed E-state index contributed by atoms with van der Waals surface area (Å²) in [7, 11) is 0. The molecule has 1 aliphatic heterocycles. The van der Waals surface area contributed by atoms with Gasteiger partial charge < -0.3 is 20.1 Å². The molecule has 1 saturated heterocycles. The van der Waals surface area contributed by atoms with Crippen LogP contribution in [0.5, 0.6) is 0 Å². The van der Waals surface area contributed by atoms with Crippen molar-refractivity contribution in [3.8, 4) is 0 Å². The summed E-state index contributed by atoms with van der Waals surface area (Å²) in [6, 6.07) is 0. The van der Waals surface area contributed by atoms with E-state index in [0.717, 1.165) is 25.7 Å². The Balaban J connectivity index is 1.24. The quantitative estimate of drug-likeness (QED) is 0.230. The van der Waals surface area contributed by atoms with E-state index < -0.39 is 0 Å². The Hall–Kier alpha value is -3.19. The van der Waals surface area contributed by atoms with E-state index in [-0.39, 0.29) is 66.9 Å². The molecule has 1 atom stereocenters. The molecule has 0 spiro atoms.